The lowest BCUT2D eigenvalue weighted by molar-refractivity contribution is -0.140. The molecule has 2 heterocycles. The van der Waals surface area contributed by atoms with E-state index in [9.17, 15) is 22.8 Å². The molecule has 0 unspecified atom stereocenters. The number of rotatable bonds is 7. The highest BCUT2D eigenvalue weighted by Crippen LogP contribution is 2.31. The average molecular weight is 406 g/mol. The van der Waals surface area contributed by atoms with Gasteiger partial charge in [0, 0.05) is 26.1 Å². The van der Waals surface area contributed by atoms with Crippen molar-refractivity contribution in [3.63, 3.8) is 0 Å². The van der Waals surface area contributed by atoms with Gasteiger partial charge in [0.25, 0.3) is 5.56 Å². The molecule has 28 heavy (non-hydrogen) atoms. The van der Waals surface area contributed by atoms with Crippen LogP contribution in [0.4, 0.5) is 13.2 Å². The molecule has 1 aliphatic rings. The molecule has 0 saturated carbocycles. The molecule has 1 saturated heterocycles. The monoisotopic (exact) mass is 406 g/mol. The average Bonchev–Trinajstić information content (AvgIpc) is 3.00. The van der Waals surface area contributed by atoms with Gasteiger partial charge in [-0.3, -0.25) is 14.3 Å². The number of nitrogens with zero attached hydrogens (tertiary/aromatic N) is 1. The minimum Gasteiger partial charge on any atom is -0.363 e. The summed E-state index contributed by atoms with van der Waals surface area (Å²) >= 11 is 0. The van der Waals surface area contributed by atoms with Crippen molar-refractivity contribution in [2.75, 3.05) is 27.1 Å². The summed E-state index contributed by atoms with van der Waals surface area (Å²) in [5, 5.41) is 0. The van der Waals surface area contributed by atoms with Crippen molar-refractivity contribution < 1.29 is 32.1 Å². The van der Waals surface area contributed by atoms with Crippen LogP contribution in [0.25, 0.3) is 0 Å². The van der Waals surface area contributed by atoms with E-state index in [1.165, 1.54) is 7.11 Å². The zero-order valence-electron chi connectivity index (χ0n) is 15.4. The van der Waals surface area contributed by atoms with Crippen LogP contribution in [0.3, 0.4) is 0 Å². The van der Waals surface area contributed by atoms with Gasteiger partial charge in [0.15, 0.2) is 0 Å². The molecule has 0 amide bonds. The predicted octanol–water partition coefficient (Wildman–Crippen LogP) is 1.26. The summed E-state index contributed by atoms with van der Waals surface area (Å²) in [5.74, 6) is 5.63. The zero-order chi connectivity index (χ0) is 20.7. The maximum atomic E-state index is 13.0. The Kier molecular flexibility index (Phi) is 7.82. The summed E-state index contributed by atoms with van der Waals surface area (Å²) in [6, 6.07) is 0. The van der Waals surface area contributed by atoms with Gasteiger partial charge in [-0.25, -0.2) is 4.79 Å². The van der Waals surface area contributed by atoms with Crippen LogP contribution in [-0.4, -0.2) is 48.9 Å². The molecule has 0 aliphatic carbocycles. The van der Waals surface area contributed by atoms with Crippen molar-refractivity contribution in [3.05, 3.63) is 32.6 Å². The summed E-state index contributed by atoms with van der Waals surface area (Å²) < 4.78 is 61.0. The number of halogens is 3. The van der Waals surface area contributed by atoms with Crippen molar-refractivity contribution in [3.8, 4) is 11.8 Å². The Morgan fingerprint density at radius 2 is 2.11 bits per heavy atom. The Labute approximate surface area is 158 Å². The number of aromatic amines is 1. The fourth-order valence-corrected chi connectivity index (χ4v) is 2.67. The normalized spacial score (nSPS) is 22.1. The van der Waals surface area contributed by atoms with Crippen LogP contribution in [0.5, 0.6) is 0 Å². The van der Waals surface area contributed by atoms with Gasteiger partial charge in [0.2, 0.25) is 0 Å². The summed E-state index contributed by atoms with van der Waals surface area (Å²) in [6.45, 7) is 2.01. The van der Waals surface area contributed by atoms with Gasteiger partial charge in [-0.1, -0.05) is 12.8 Å². The molecule has 0 bridgehead atoms. The standard InChI is InChI=1S/C17H21F3N2O6/c1-3-4-5-6-27-12-7-14(28-13(12)9-26-10-25-2)22-8-11(17(18,19)20)15(23)21-16(22)24/h8,12-14H,3,6-7,9-10H2,1-2H3,(H,21,23,24)/t12-,13+,14+/m0/s1. The van der Waals surface area contributed by atoms with Crippen LogP contribution in [0.2, 0.25) is 0 Å². The summed E-state index contributed by atoms with van der Waals surface area (Å²) in [7, 11) is 1.44. The minimum atomic E-state index is -4.91. The fourth-order valence-electron chi connectivity index (χ4n) is 2.67. The summed E-state index contributed by atoms with van der Waals surface area (Å²) in [6.07, 6.45) is -6.01. The number of hydrogen-bond acceptors (Lipinski definition) is 6. The molecule has 1 N–H and O–H groups in total. The molecule has 0 radical (unpaired) electrons. The molecule has 3 atom stereocenters. The number of ether oxygens (including phenoxy) is 4. The van der Waals surface area contributed by atoms with Crippen molar-refractivity contribution in [2.24, 2.45) is 0 Å². The van der Waals surface area contributed by atoms with Crippen LogP contribution in [-0.2, 0) is 25.1 Å². The van der Waals surface area contributed by atoms with E-state index >= 15 is 0 Å². The predicted molar refractivity (Wildman–Crippen MR) is 90.5 cm³/mol. The third-order valence-electron chi connectivity index (χ3n) is 3.92. The van der Waals surface area contributed by atoms with Gasteiger partial charge >= 0.3 is 11.9 Å². The molecular weight excluding hydrogens is 385 g/mol. The van der Waals surface area contributed by atoms with E-state index in [0.29, 0.717) is 17.2 Å². The number of H-pyrrole nitrogens is 1. The Morgan fingerprint density at radius 1 is 1.36 bits per heavy atom. The highest BCUT2D eigenvalue weighted by molar-refractivity contribution is 5.09. The fraction of sp³-hybridized carbons (Fsp3) is 0.647. The van der Waals surface area contributed by atoms with Gasteiger partial charge in [0.05, 0.1) is 12.7 Å². The maximum absolute atomic E-state index is 13.0. The Hall–Kier alpha value is -2.13. The van der Waals surface area contributed by atoms with E-state index in [1.807, 2.05) is 6.92 Å². The Bertz CT molecular complexity index is 823. The van der Waals surface area contributed by atoms with Crippen LogP contribution >= 0.6 is 0 Å². The molecular formula is C17H21F3N2O6. The summed E-state index contributed by atoms with van der Waals surface area (Å²) in [5.41, 5.74) is -4.00. The highest BCUT2D eigenvalue weighted by Gasteiger charge is 2.40. The molecule has 8 nitrogen and oxygen atoms in total. The first-order valence-electron chi connectivity index (χ1n) is 8.50. The van der Waals surface area contributed by atoms with Crippen molar-refractivity contribution in [1.82, 2.24) is 9.55 Å². The van der Waals surface area contributed by atoms with E-state index in [-0.39, 0.29) is 26.4 Å². The lowest BCUT2D eigenvalue weighted by Gasteiger charge is -2.18. The van der Waals surface area contributed by atoms with E-state index in [1.54, 1.807) is 4.98 Å². The lowest BCUT2D eigenvalue weighted by Crippen LogP contribution is -2.36. The topological polar surface area (TPSA) is 91.8 Å². The number of nitrogens with one attached hydrogen (secondary N) is 1. The molecule has 1 fully saturated rings. The quantitative estimate of drug-likeness (QED) is 0.417. The van der Waals surface area contributed by atoms with E-state index in [4.69, 9.17) is 18.9 Å². The van der Waals surface area contributed by atoms with Gasteiger partial charge in [-0.05, 0) is 0 Å². The Morgan fingerprint density at radius 3 is 2.75 bits per heavy atom. The van der Waals surface area contributed by atoms with Crippen LogP contribution < -0.4 is 11.2 Å². The number of methoxy groups -OCH3 is 1. The summed E-state index contributed by atoms with van der Waals surface area (Å²) in [4.78, 5) is 25.2. The number of alkyl halides is 3. The molecule has 1 aromatic heterocycles. The second-order valence-corrected chi connectivity index (χ2v) is 5.91. The van der Waals surface area contributed by atoms with Crippen molar-refractivity contribution in [1.29, 1.82) is 0 Å². The van der Waals surface area contributed by atoms with Crippen molar-refractivity contribution in [2.45, 2.75) is 44.4 Å². The van der Waals surface area contributed by atoms with E-state index < -0.39 is 41.4 Å². The third kappa shape index (κ3) is 5.68. The van der Waals surface area contributed by atoms with E-state index in [2.05, 4.69) is 11.8 Å². The van der Waals surface area contributed by atoms with Gasteiger partial charge in [-0.2, -0.15) is 13.2 Å². The molecule has 1 aromatic rings. The van der Waals surface area contributed by atoms with Gasteiger partial charge in [0.1, 0.15) is 31.3 Å². The highest BCUT2D eigenvalue weighted by atomic mass is 19.4. The molecule has 11 heteroatoms. The minimum absolute atomic E-state index is 0.0102. The van der Waals surface area contributed by atoms with Crippen LogP contribution in [0, 0.1) is 11.8 Å². The molecule has 156 valence electrons. The smallest absolute Gasteiger partial charge is 0.363 e. The van der Waals surface area contributed by atoms with Crippen molar-refractivity contribution >= 4 is 0 Å². The third-order valence-corrected chi connectivity index (χ3v) is 3.92. The second kappa shape index (κ2) is 9.88. The zero-order valence-corrected chi connectivity index (χ0v) is 15.4. The van der Waals surface area contributed by atoms with Gasteiger partial charge in [-0.15, -0.1) is 5.92 Å². The molecule has 1 aliphatic heterocycles. The second-order valence-electron chi connectivity index (χ2n) is 5.91. The largest absolute Gasteiger partial charge is 0.423 e. The first-order valence-corrected chi connectivity index (χ1v) is 8.50. The lowest BCUT2D eigenvalue weighted by atomic mass is 10.2. The number of aromatic nitrogens is 2. The first-order chi connectivity index (χ1) is 13.3. The van der Waals surface area contributed by atoms with Crippen LogP contribution in [0.1, 0.15) is 31.6 Å². The molecule has 0 aromatic carbocycles. The number of hydrogen-bond donors (Lipinski definition) is 1. The molecule has 0 spiro atoms. The maximum Gasteiger partial charge on any atom is 0.423 e. The first kappa shape index (κ1) is 22.2. The SMILES string of the molecule is CCC#CCO[C@H]1C[C@H](n2cc(C(F)(F)F)c(=O)[nH]c2=O)O[C@@H]1COCOC. The van der Waals surface area contributed by atoms with Crippen LogP contribution in [0.15, 0.2) is 15.8 Å². The Balaban J connectivity index is 2.23. The van der Waals surface area contributed by atoms with E-state index in [0.717, 1.165) is 0 Å². The molecule has 2 rings (SSSR count). The van der Waals surface area contributed by atoms with Gasteiger partial charge < -0.3 is 18.9 Å².